The number of aliphatic hydroxyl groups is 1. The van der Waals surface area contributed by atoms with Crippen LogP contribution in [0.4, 0.5) is 14.5 Å². The molecule has 2 aromatic carbocycles. The Hall–Kier alpha value is -3.66. The summed E-state index contributed by atoms with van der Waals surface area (Å²) in [5, 5.41) is 18.4. The number of carbonyl (C=O) groups excluding carboxylic acids is 1. The lowest BCUT2D eigenvalue weighted by Gasteiger charge is -2.31. The quantitative estimate of drug-likeness (QED) is 0.431. The second-order valence-corrected chi connectivity index (χ2v) is 10.1. The van der Waals surface area contributed by atoms with E-state index in [1.54, 1.807) is 9.58 Å². The van der Waals surface area contributed by atoms with Gasteiger partial charge in [-0.05, 0) is 63.3 Å². The first-order valence-electron chi connectivity index (χ1n) is 12.7. The van der Waals surface area contributed by atoms with E-state index >= 15 is 0 Å². The van der Waals surface area contributed by atoms with Crippen LogP contribution >= 0.6 is 0 Å². The van der Waals surface area contributed by atoms with Gasteiger partial charge in [0.2, 0.25) is 5.91 Å². The Morgan fingerprint density at radius 1 is 1.00 bits per heavy atom. The molecule has 6 rings (SSSR count). The Morgan fingerprint density at radius 2 is 1.78 bits per heavy atom. The minimum Gasteiger partial charge on any atom is -0.393 e. The van der Waals surface area contributed by atoms with E-state index in [1.165, 1.54) is 6.07 Å². The standard InChI is InChI=1S/C27H28F2N6O2/c1-15-26(33(2)32-31-15)16-3-10-23-22(13-16)30-27(35(23)17-4-7-19(36)8-5-17)24-11-12-25(37)34(24)18-6-9-20(28)21(29)14-18/h3,6,9-10,13-14,17,19,24,36H,4-5,7-8,11-12H2,1-2H3/t17-,19-,24-/m0/s1. The summed E-state index contributed by atoms with van der Waals surface area (Å²) in [5.41, 5.74) is 4.70. The third-order valence-electron chi connectivity index (χ3n) is 7.71. The predicted molar refractivity (Wildman–Crippen MR) is 134 cm³/mol. The second-order valence-electron chi connectivity index (χ2n) is 10.1. The van der Waals surface area contributed by atoms with Crippen molar-refractivity contribution in [3.8, 4) is 11.3 Å². The third kappa shape index (κ3) is 3.99. The largest absolute Gasteiger partial charge is 0.393 e. The molecule has 1 atom stereocenters. The summed E-state index contributed by atoms with van der Waals surface area (Å²) in [7, 11) is 1.85. The van der Waals surface area contributed by atoms with Crippen molar-refractivity contribution >= 4 is 22.6 Å². The third-order valence-corrected chi connectivity index (χ3v) is 7.71. The zero-order chi connectivity index (χ0) is 25.8. The first kappa shape index (κ1) is 23.7. The number of nitrogens with zero attached hydrogens (tertiary/aromatic N) is 6. The highest BCUT2D eigenvalue weighted by Crippen LogP contribution is 2.42. The Labute approximate surface area is 212 Å². The van der Waals surface area contributed by atoms with Crippen molar-refractivity contribution < 1.29 is 18.7 Å². The molecule has 0 unspecified atom stereocenters. The highest BCUT2D eigenvalue weighted by molar-refractivity contribution is 5.96. The topological polar surface area (TPSA) is 89.1 Å². The number of aliphatic hydroxyl groups excluding tert-OH is 1. The maximum atomic E-state index is 14.1. The van der Waals surface area contributed by atoms with Gasteiger partial charge in [-0.3, -0.25) is 4.79 Å². The average molecular weight is 507 g/mol. The SMILES string of the molecule is Cc1nnn(C)c1-c1ccc2c(c1)nc([C@@H]1CCC(=O)N1c1ccc(F)c(F)c1)n2[C@H]1CC[C@H](O)CC1. The normalized spacial score (nSPS) is 22.4. The molecule has 2 aromatic heterocycles. The number of amides is 1. The lowest BCUT2D eigenvalue weighted by Crippen LogP contribution is -2.31. The molecule has 10 heteroatoms. The molecule has 1 saturated heterocycles. The number of imidazole rings is 1. The fraction of sp³-hybridized carbons (Fsp3) is 0.407. The minimum absolute atomic E-state index is 0.108. The van der Waals surface area contributed by atoms with Crippen LogP contribution in [0.25, 0.3) is 22.3 Å². The van der Waals surface area contributed by atoms with Gasteiger partial charge in [-0.2, -0.15) is 0 Å². The van der Waals surface area contributed by atoms with Gasteiger partial charge in [0.05, 0.1) is 34.6 Å². The maximum absolute atomic E-state index is 14.1. The molecular weight excluding hydrogens is 478 g/mol. The van der Waals surface area contributed by atoms with E-state index in [2.05, 4.69) is 14.9 Å². The summed E-state index contributed by atoms with van der Waals surface area (Å²) < 4.78 is 31.7. The van der Waals surface area contributed by atoms with Crippen LogP contribution in [0.2, 0.25) is 0 Å². The van der Waals surface area contributed by atoms with Crippen molar-refractivity contribution in [2.24, 2.45) is 7.05 Å². The van der Waals surface area contributed by atoms with E-state index in [9.17, 15) is 18.7 Å². The molecule has 37 heavy (non-hydrogen) atoms. The van der Waals surface area contributed by atoms with Crippen molar-refractivity contribution in [2.75, 3.05) is 4.90 Å². The molecule has 4 aromatic rings. The smallest absolute Gasteiger partial charge is 0.227 e. The van der Waals surface area contributed by atoms with Gasteiger partial charge in [0.25, 0.3) is 0 Å². The van der Waals surface area contributed by atoms with Crippen molar-refractivity contribution in [2.45, 2.75) is 63.6 Å². The molecule has 8 nitrogen and oxygen atoms in total. The van der Waals surface area contributed by atoms with Crippen molar-refractivity contribution in [1.82, 2.24) is 24.5 Å². The molecule has 0 bridgehead atoms. The first-order valence-corrected chi connectivity index (χ1v) is 12.7. The van der Waals surface area contributed by atoms with Crippen LogP contribution in [0.3, 0.4) is 0 Å². The summed E-state index contributed by atoms with van der Waals surface area (Å²) in [6.45, 7) is 1.91. The van der Waals surface area contributed by atoms with E-state index in [1.807, 2.05) is 32.2 Å². The van der Waals surface area contributed by atoms with Crippen LogP contribution in [-0.4, -0.2) is 41.7 Å². The lowest BCUT2D eigenvalue weighted by atomic mass is 9.92. The number of benzene rings is 2. The van der Waals surface area contributed by atoms with Gasteiger partial charge in [-0.25, -0.2) is 18.4 Å². The highest BCUT2D eigenvalue weighted by atomic mass is 19.2. The van der Waals surface area contributed by atoms with Gasteiger partial charge in [-0.1, -0.05) is 11.3 Å². The Balaban J connectivity index is 1.50. The van der Waals surface area contributed by atoms with Gasteiger partial charge in [-0.15, -0.1) is 5.10 Å². The van der Waals surface area contributed by atoms with Gasteiger partial charge in [0, 0.05) is 36.8 Å². The molecule has 1 aliphatic carbocycles. The van der Waals surface area contributed by atoms with Crippen molar-refractivity contribution in [1.29, 1.82) is 0 Å². The van der Waals surface area contributed by atoms with Crippen LogP contribution in [0.5, 0.6) is 0 Å². The fourth-order valence-corrected chi connectivity index (χ4v) is 5.94. The molecule has 0 spiro atoms. The number of halogens is 2. The van der Waals surface area contributed by atoms with E-state index in [0.717, 1.165) is 58.8 Å². The summed E-state index contributed by atoms with van der Waals surface area (Å²) in [6.07, 6.45) is 3.47. The van der Waals surface area contributed by atoms with Gasteiger partial charge in [0.15, 0.2) is 11.6 Å². The Kier molecular flexibility index (Phi) is 5.78. The summed E-state index contributed by atoms with van der Waals surface area (Å²) in [5.74, 6) is -1.36. The van der Waals surface area contributed by atoms with E-state index in [0.29, 0.717) is 31.4 Å². The highest BCUT2D eigenvalue weighted by Gasteiger charge is 2.38. The summed E-state index contributed by atoms with van der Waals surface area (Å²) >= 11 is 0. The molecular formula is C27H28F2N6O2. The first-order chi connectivity index (χ1) is 17.8. The molecule has 0 radical (unpaired) electrons. The molecule has 2 aliphatic rings. The molecule has 192 valence electrons. The maximum Gasteiger partial charge on any atom is 0.227 e. The molecule has 1 amide bonds. The number of aromatic nitrogens is 5. The summed E-state index contributed by atoms with van der Waals surface area (Å²) in [4.78, 5) is 19.6. The average Bonchev–Trinajstić information content (AvgIpc) is 3.55. The van der Waals surface area contributed by atoms with Crippen LogP contribution in [-0.2, 0) is 11.8 Å². The second kappa shape index (κ2) is 9.02. The Morgan fingerprint density at radius 3 is 2.49 bits per heavy atom. The fourth-order valence-electron chi connectivity index (χ4n) is 5.94. The van der Waals surface area contributed by atoms with Crippen LogP contribution in [0.1, 0.15) is 62.1 Å². The molecule has 1 saturated carbocycles. The van der Waals surface area contributed by atoms with Gasteiger partial charge in [0.1, 0.15) is 5.82 Å². The van der Waals surface area contributed by atoms with Gasteiger partial charge < -0.3 is 14.6 Å². The van der Waals surface area contributed by atoms with Crippen molar-refractivity contribution in [3.05, 3.63) is 59.6 Å². The molecule has 3 heterocycles. The zero-order valence-corrected chi connectivity index (χ0v) is 20.7. The number of fused-ring (bicyclic) bond motifs is 1. The van der Waals surface area contributed by atoms with Crippen LogP contribution in [0.15, 0.2) is 36.4 Å². The number of rotatable bonds is 4. The van der Waals surface area contributed by atoms with E-state index < -0.39 is 17.7 Å². The molecule has 1 N–H and O–H groups in total. The van der Waals surface area contributed by atoms with Gasteiger partial charge >= 0.3 is 0 Å². The summed E-state index contributed by atoms with van der Waals surface area (Å²) in [6, 6.07) is 9.34. The van der Waals surface area contributed by atoms with Crippen LogP contribution in [0, 0.1) is 18.6 Å². The number of aryl methyl sites for hydroxylation is 2. The number of hydrogen-bond donors (Lipinski definition) is 1. The molecule has 2 fully saturated rings. The minimum atomic E-state index is -0.990. The number of carbonyl (C=O) groups is 1. The number of anilines is 1. The van der Waals surface area contributed by atoms with Crippen molar-refractivity contribution in [3.63, 3.8) is 0 Å². The predicted octanol–water partition coefficient (Wildman–Crippen LogP) is 4.76. The van der Waals surface area contributed by atoms with Crippen LogP contribution < -0.4 is 4.90 Å². The zero-order valence-electron chi connectivity index (χ0n) is 20.7. The van der Waals surface area contributed by atoms with E-state index in [-0.39, 0.29) is 18.1 Å². The monoisotopic (exact) mass is 506 g/mol. The Bertz CT molecular complexity index is 1480. The number of hydrogen-bond acceptors (Lipinski definition) is 5. The molecule has 1 aliphatic heterocycles. The lowest BCUT2D eigenvalue weighted by molar-refractivity contribution is -0.117. The van der Waals surface area contributed by atoms with E-state index in [4.69, 9.17) is 4.98 Å².